The lowest BCUT2D eigenvalue weighted by molar-refractivity contribution is 0.715. The zero-order valence-corrected chi connectivity index (χ0v) is 15.1. The number of thiazole rings is 1. The van der Waals surface area contributed by atoms with E-state index < -0.39 is 0 Å². The van der Waals surface area contributed by atoms with Gasteiger partial charge in [0.25, 0.3) is 0 Å². The first-order valence-corrected chi connectivity index (χ1v) is 8.87. The third kappa shape index (κ3) is 3.05. The summed E-state index contributed by atoms with van der Waals surface area (Å²) < 4.78 is 3.48. The van der Waals surface area contributed by atoms with Crippen molar-refractivity contribution in [1.82, 2.24) is 4.98 Å². The lowest BCUT2D eigenvalue weighted by atomic mass is 10.1. The number of nitrogens with zero attached hydrogens (tertiary/aromatic N) is 1. The van der Waals surface area contributed by atoms with Crippen LogP contribution in [-0.2, 0) is 6.42 Å². The quantitative estimate of drug-likeness (QED) is 0.566. The zero-order valence-electron chi connectivity index (χ0n) is 10.5. The van der Waals surface area contributed by atoms with E-state index in [1.807, 2.05) is 24.3 Å². The average Bonchev–Trinajstić information content (AvgIpc) is 2.83. The largest absolute Gasteiger partial charge is 0.324 e. The van der Waals surface area contributed by atoms with Crippen LogP contribution in [0.3, 0.4) is 0 Å². The number of halogens is 2. The second-order valence-corrected chi connectivity index (χ2v) is 7.74. The van der Waals surface area contributed by atoms with Crippen LogP contribution in [0.15, 0.2) is 46.9 Å². The molecule has 2 nitrogen and oxygen atoms in total. The number of rotatable bonds is 3. The summed E-state index contributed by atoms with van der Waals surface area (Å²) in [6.07, 6.45) is 0.770. The van der Waals surface area contributed by atoms with Crippen molar-refractivity contribution < 1.29 is 0 Å². The van der Waals surface area contributed by atoms with Crippen LogP contribution in [0.25, 0.3) is 10.2 Å². The van der Waals surface area contributed by atoms with E-state index in [0.717, 1.165) is 21.4 Å². The highest BCUT2D eigenvalue weighted by molar-refractivity contribution is 14.1. The van der Waals surface area contributed by atoms with Crippen LogP contribution in [0, 0.1) is 3.57 Å². The fraction of sp³-hybridized carbons (Fsp3) is 0.133. The molecular weight excluding hydrogens is 447 g/mol. The van der Waals surface area contributed by atoms with Crippen LogP contribution in [0.2, 0.25) is 0 Å². The Morgan fingerprint density at radius 3 is 2.85 bits per heavy atom. The summed E-state index contributed by atoms with van der Waals surface area (Å²) in [7, 11) is 0. The monoisotopic (exact) mass is 458 g/mol. The van der Waals surface area contributed by atoms with Crippen molar-refractivity contribution >= 4 is 60.1 Å². The lowest BCUT2D eigenvalue weighted by Gasteiger charge is -2.12. The van der Waals surface area contributed by atoms with Crippen molar-refractivity contribution in [3.05, 3.63) is 61.1 Å². The summed E-state index contributed by atoms with van der Waals surface area (Å²) in [5, 5.41) is 1.09. The summed E-state index contributed by atoms with van der Waals surface area (Å²) in [5.41, 5.74) is 8.58. The van der Waals surface area contributed by atoms with Crippen molar-refractivity contribution in [3.63, 3.8) is 0 Å². The summed E-state index contributed by atoms with van der Waals surface area (Å²) in [6, 6.07) is 14.4. The Hall–Kier alpha value is -0.500. The minimum absolute atomic E-state index is 0.0278. The van der Waals surface area contributed by atoms with Crippen LogP contribution in [0.1, 0.15) is 16.6 Å². The predicted molar refractivity (Wildman–Crippen MR) is 97.1 cm³/mol. The molecule has 3 rings (SSSR count). The van der Waals surface area contributed by atoms with Gasteiger partial charge < -0.3 is 5.73 Å². The van der Waals surface area contributed by atoms with E-state index in [0.29, 0.717) is 0 Å². The van der Waals surface area contributed by atoms with Gasteiger partial charge in [-0.05, 0) is 58.5 Å². The Morgan fingerprint density at radius 1 is 1.25 bits per heavy atom. The van der Waals surface area contributed by atoms with Gasteiger partial charge in [0.2, 0.25) is 0 Å². The number of benzene rings is 2. The van der Waals surface area contributed by atoms with E-state index >= 15 is 0 Å². The average molecular weight is 459 g/mol. The molecule has 1 aromatic heterocycles. The Balaban J connectivity index is 1.88. The third-order valence-electron chi connectivity index (χ3n) is 3.09. The lowest BCUT2D eigenvalue weighted by Crippen LogP contribution is -2.14. The fourth-order valence-corrected chi connectivity index (χ4v) is 4.24. The summed E-state index contributed by atoms with van der Waals surface area (Å²) in [6.45, 7) is 0. The van der Waals surface area contributed by atoms with Gasteiger partial charge in [0, 0.05) is 20.5 Å². The normalized spacial score (nSPS) is 12.8. The summed E-state index contributed by atoms with van der Waals surface area (Å²) >= 11 is 7.56. The van der Waals surface area contributed by atoms with Gasteiger partial charge in [0.1, 0.15) is 0 Å². The first-order valence-electron chi connectivity index (χ1n) is 6.18. The van der Waals surface area contributed by atoms with E-state index in [2.05, 4.69) is 61.7 Å². The molecule has 0 radical (unpaired) electrons. The van der Waals surface area contributed by atoms with E-state index in [4.69, 9.17) is 5.73 Å². The maximum Gasteiger partial charge on any atom is 0.0957 e. The van der Waals surface area contributed by atoms with Crippen LogP contribution in [0.5, 0.6) is 0 Å². The molecule has 2 aromatic carbocycles. The number of fused-ring (bicyclic) bond motifs is 1. The Morgan fingerprint density at radius 2 is 2.05 bits per heavy atom. The molecule has 1 unspecified atom stereocenters. The van der Waals surface area contributed by atoms with E-state index in [1.54, 1.807) is 11.3 Å². The molecule has 0 aliphatic rings. The molecule has 0 spiro atoms. The van der Waals surface area contributed by atoms with Crippen molar-refractivity contribution in [1.29, 1.82) is 0 Å². The SMILES string of the molecule is NC(Cc1nc2ccccc2s1)c1cc(Br)ccc1I. The summed E-state index contributed by atoms with van der Waals surface area (Å²) in [4.78, 5) is 4.65. The molecule has 1 atom stereocenters. The molecule has 3 aromatic rings. The Labute approximate surface area is 143 Å². The van der Waals surface area contributed by atoms with Gasteiger partial charge in [-0.1, -0.05) is 28.1 Å². The standard InChI is InChI=1S/C15H12BrIN2S/c16-9-5-6-11(17)10(7-9)12(18)8-15-19-13-3-1-2-4-14(13)20-15/h1-7,12H,8,18H2. The topological polar surface area (TPSA) is 38.9 Å². The van der Waals surface area contributed by atoms with Gasteiger partial charge in [0.15, 0.2) is 0 Å². The zero-order chi connectivity index (χ0) is 14.1. The van der Waals surface area contributed by atoms with Gasteiger partial charge in [-0.2, -0.15) is 0 Å². The van der Waals surface area contributed by atoms with E-state index in [-0.39, 0.29) is 6.04 Å². The van der Waals surface area contributed by atoms with Crippen molar-refractivity contribution in [2.75, 3.05) is 0 Å². The van der Waals surface area contributed by atoms with Crippen LogP contribution in [-0.4, -0.2) is 4.98 Å². The van der Waals surface area contributed by atoms with Crippen LogP contribution < -0.4 is 5.73 Å². The number of hydrogen-bond acceptors (Lipinski definition) is 3. The first kappa shape index (κ1) is 14.4. The molecule has 20 heavy (non-hydrogen) atoms. The molecule has 1 heterocycles. The van der Waals surface area contributed by atoms with Crippen molar-refractivity contribution in [2.24, 2.45) is 5.73 Å². The first-order chi connectivity index (χ1) is 9.63. The second-order valence-electron chi connectivity index (χ2n) is 4.55. The molecule has 0 aliphatic carbocycles. The molecular formula is C15H12BrIN2S. The molecule has 0 fully saturated rings. The number of nitrogens with two attached hydrogens (primary N) is 1. The third-order valence-corrected chi connectivity index (χ3v) is 5.62. The summed E-state index contributed by atoms with van der Waals surface area (Å²) in [5.74, 6) is 0. The molecule has 0 saturated carbocycles. The maximum absolute atomic E-state index is 6.36. The van der Waals surface area contributed by atoms with Gasteiger partial charge >= 0.3 is 0 Å². The predicted octanol–water partition coefficient (Wildman–Crippen LogP) is 4.91. The van der Waals surface area contributed by atoms with Gasteiger partial charge in [-0.25, -0.2) is 4.98 Å². The molecule has 0 saturated heterocycles. The van der Waals surface area contributed by atoms with Gasteiger partial charge in [-0.3, -0.25) is 0 Å². The molecule has 2 N–H and O–H groups in total. The second kappa shape index (κ2) is 6.09. The van der Waals surface area contributed by atoms with Crippen molar-refractivity contribution in [2.45, 2.75) is 12.5 Å². The highest BCUT2D eigenvalue weighted by Crippen LogP contribution is 2.28. The van der Waals surface area contributed by atoms with E-state index in [1.165, 1.54) is 13.8 Å². The molecule has 5 heteroatoms. The molecule has 102 valence electrons. The molecule has 0 aliphatic heterocycles. The Kier molecular flexibility index (Phi) is 4.40. The van der Waals surface area contributed by atoms with Crippen LogP contribution >= 0.6 is 49.9 Å². The van der Waals surface area contributed by atoms with Crippen LogP contribution in [0.4, 0.5) is 0 Å². The van der Waals surface area contributed by atoms with Gasteiger partial charge in [0.05, 0.1) is 15.2 Å². The highest BCUT2D eigenvalue weighted by Gasteiger charge is 2.14. The number of para-hydroxylation sites is 1. The highest BCUT2D eigenvalue weighted by atomic mass is 127. The number of hydrogen-bond donors (Lipinski definition) is 1. The fourth-order valence-electron chi connectivity index (χ4n) is 2.10. The Bertz CT molecular complexity index is 723. The molecule has 0 bridgehead atoms. The van der Waals surface area contributed by atoms with E-state index in [9.17, 15) is 0 Å². The maximum atomic E-state index is 6.36. The smallest absolute Gasteiger partial charge is 0.0957 e. The van der Waals surface area contributed by atoms with Crippen molar-refractivity contribution in [3.8, 4) is 0 Å². The molecule has 0 amide bonds. The van der Waals surface area contributed by atoms with Gasteiger partial charge in [-0.15, -0.1) is 11.3 Å². The number of aromatic nitrogens is 1. The minimum Gasteiger partial charge on any atom is -0.324 e. The minimum atomic E-state index is -0.0278.